The predicted octanol–water partition coefficient (Wildman–Crippen LogP) is 4.23. The van der Waals surface area contributed by atoms with Crippen molar-refractivity contribution in [1.29, 1.82) is 0 Å². The van der Waals surface area contributed by atoms with E-state index in [1.807, 2.05) is 0 Å². The number of hydrogen-bond acceptors (Lipinski definition) is 3. The van der Waals surface area contributed by atoms with E-state index < -0.39 is 0 Å². The third kappa shape index (κ3) is 2.49. The van der Waals surface area contributed by atoms with Crippen molar-refractivity contribution in [2.75, 3.05) is 5.32 Å². The lowest BCUT2D eigenvalue weighted by Gasteiger charge is -2.10. The number of benzene rings is 1. The first kappa shape index (κ1) is 12.9. The lowest BCUT2D eigenvalue weighted by molar-refractivity contribution is 0.992. The molecule has 0 aliphatic heterocycles. The van der Waals surface area contributed by atoms with Gasteiger partial charge in [-0.25, -0.2) is 4.98 Å². The highest BCUT2D eigenvalue weighted by atomic mass is 127. The van der Waals surface area contributed by atoms with Crippen molar-refractivity contribution < 1.29 is 0 Å². The summed E-state index contributed by atoms with van der Waals surface area (Å²) in [7, 11) is 0. The molecule has 1 aromatic carbocycles. The molecule has 0 unspecified atom stereocenters. The Kier molecular flexibility index (Phi) is 3.49. The summed E-state index contributed by atoms with van der Waals surface area (Å²) in [5.41, 5.74) is 4.79. The van der Waals surface area contributed by atoms with E-state index in [0.717, 1.165) is 17.2 Å². The van der Waals surface area contributed by atoms with Gasteiger partial charge in [-0.05, 0) is 60.2 Å². The van der Waals surface area contributed by atoms with Crippen molar-refractivity contribution >= 4 is 44.6 Å². The lowest BCUT2D eigenvalue weighted by atomic mass is 10.2. The van der Waals surface area contributed by atoms with Gasteiger partial charge in [0.2, 0.25) is 0 Å². The van der Waals surface area contributed by atoms with Crippen molar-refractivity contribution in [2.24, 2.45) is 0 Å². The van der Waals surface area contributed by atoms with Gasteiger partial charge >= 0.3 is 0 Å². The molecular formula is C14H14IN3S. The van der Waals surface area contributed by atoms with Gasteiger partial charge in [-0.1, -0.05) is 0 Å². The van der Waals surface area contributed by atoms with Crippen LogP contribution in [0, 0.1) is 17.4 Å². The molecule has 1 N–H and O–H groups in total. The first-order valence-corrected chi connectivity index (χ1v) is 8.02. The molecule has 98 valence electrons. The number of nitrogens with zero attached hydrogens (tertiary/aromatic N) is 2. The monoisotopic (exact) mass is 383 g/mol. The second-order valence-corrected chi connectivity index (χ2v) is 6.63. The number of aryl methyl sites for hydroxylation is 2. The molecule has 0 fully saturated rings. The van der Waals surface area contributed by atoms with Crippen LogP contribution in [-0.4, -0.2) is 9.38 Å². The standard InChI is InChI=1S/C14H14IN3S/c1-9-7-11(15)3-4-12(9)16-8-13-10(2)17-14-18(13)5-6-19-14/h3-7,16H,8H2,1-2H3. The van der Waals surface area contributed by atoms with E-state index in [1.165, 1.54) is 20.5 Å². The van der Waals surface area contributed by atoms with Crippen LogP contribution < -0.4 is 5.32 Å². The molecule has 0 saturated carbocycles. The summed E-state index contributed by atoms with van der Waals surface area (Å²) in [6.07, 6.45) is 2.08. The summed E-state index contributed by atoms with van der Waals surface area (Å²) in [5.74, 6) is 0. The van der Waals surface area contributed by atoms with Gasteiger partial charge in [0, 0.05) is 20.8 Å². The molecule has 0 amide bonds. The van der Waals surface area contributed by atoms with Crippen molar-refractivity contribution in [3.8, 4) is 0 Å². The first-order valence-electron chi connectivity index (χ1n) is 6.06. The second kappa shape index (κ2) is 5.13. The number of halogens is 1. The third-order valence-corrected chi connectivity index (χ3v) is 4.62. The molecule has 3 aromatic rings. The van der Waals surface area contributed by atoms with Gasteiger partial charge in [0.05, 0.1) is 17.9 Å². The van der Waals surface area contributed by atoms with Gasteiger partial charge in [0.25, 0.3) is 0 Å². The fraction of sp³-hybridized carbons (Fsp3) is 0.214. The molecule has 2 aromatic heterocycles. The Bertz CT molecular complexity index is 729. The Morgan fingerprint density at radius 2 is 2.21 bits per heavy atom. The Morgan fingerprint density at radius 1 is 1.37 bits per heavy atom. The normalized spacial score (nSPS) is 11.1. The molecule has 3 nitrogen and oxygen atoms in total. The van der Waals surface area contributed by atoms with Crippen LogP contribution in [0.3, 0.4) is 0 Å². The number of imidazole rings is 1. The van der Waals surface area contributed by atoms with Crippen LogP contribution in [0.1, 0.15) is 17.0 Å². The molecule has 19 heavy (non-hydrogen) atoms. The maximum absolute atomic E-state index is 4.56. The Hall–Kier alpha value is -1.08. The van der Waals surface area contributed by atoms with Crippen LogP contribution in [0.5, 0.6) is 0 Å². The Morgan fingerprint density at radius 3 is 3.00 bits per heavy atom. The van der Waals surface area contributed by atoms with Gasteiger partial charge in [-0.2, -0.15) is 0 Å². The molecule has 0 aliphatic rings. The molecule has 0 saturated heterocycles. The highest BCUT2D eigenvalue weighted by molar-refractivity contribution is 14.1. The molecule has 5 heteroatoms. The summed E-state index contributed by atoms with van der Waals surface area (Å²) in [4.78, 5) is 5.63. The van der Waals surface area contributed by atoms with E-state index in [2.05, 4.69) is 80.9 Å². The zero-order valence-corrected chi connectivity index (χ0v) is 13.7. The Balaban J connectivity index is 1.85. The van der Waals surface area contributed by atoms with Crippen LogP contribution in [-0.2, 0) is 6.54 Å². The zero-order chi connectivity index (χ0) is 13.4. The van der Waals surface area contributed by atoms with Gasteiger partial charge in [0.15, 0.2) is 4.96 Å². The van der Waals surface area contributed by atoms with E-state index >= 15 is 0 Å². The lowest BCUT2D eigenvalue weighted by Crippen LogP contribution is -2.04. The maximum Gasteiger partial charge on any atom is 0.194 e. The minimum absolute atomic E-state index is 0.797. The summed E-state index contributed by atoms with van der Waals surface area (Å²) in [5, 5.41) is 5.58. The number of nitrogens with one attached hydrogen (secondary N) is 1. The minimum atomic E-state index is 0.797. The van der Waals surface area contributed by atoms with Crippen molar-refractivity contribution in [3.63, 3.8) is 0 Å². The average Bonchev–Trinajstić information content (AvgIpc) is 2.90. The number of rotatable bonds is 3. The van der Waals surface area contributed by atoms with Crippen molar-refractivity contribution in [2.45, 2.75) is 20.4 Å². The highest BCUT2D eigenvalue weighted by Gasteiger charge is 2.09. The molecule has 0 radical (unpaired) electrons. The van der Waals surface area contributed by atoms with E-state index in [-0.39, 0.29) is 0 Å². The van der Waals surface area contributed by atoms with Crippen molar-refractivity contribution in [1.82, 2.24) is 9.38 Å². The molecule has 0 atom stereocenters. The number of thiazole rings is 1. The molecule has 0 aliphatic carbocycles. The minimum Gasteiger partial charge on any atom is -0.379 e. The molecule has 2 heterocycles. The average molecular weight is 383 g/mol. The molecule has 0 spiro atoms. The Labute approximate surface area is 129 Å². The topological polar surface area (TPSA) is 29.3 Å². The molecule has 0 bridgehead atoms. The fourth-order valence-electron chi connectivity index (χ4n) is 2.16. The van der Waals surface area contributed by atoms with Crippen LogP contribution >= 0.6 is 33.9 Å². The molecular weight excluding hydrogens is 369 g/mol. The number of aromatic nitrogens is 2. The maximum atomic E-state index is 4.56. The number of fused-ring (bicyclic) bond motifs is 1. The number of hydrogen-bond donors (Lipinski definition) is 1. The second-order valence-electron chi connectivity index (χ2n) is 4.51. The van der Waals surface area contributed by atoms with Crippen LogP contribution in [0.15, 0.2) is 29.8 Å². The van der Waals surface area contributed by atoms with E-state index in [0.29, 0.717) is 0 Å². The van der Waals surface area contributed by atoms with Crippen LogP contribution in [0.4, 0.5) is 5.69 Å². The quantitative estimate of drug-likeness (QED) is 0.686. The highest BCUT2D eigenvalue weighted by Crippen LogP contribution is 2.21. The van der Waals surface area contributed by atoms with E-state index in [9.17, 15) is 0 Å². The van der Waals surface area contributed by atoms with Gasteiger partial charge in [0.1, 0.15) is 0 Å². The zero-order valence-electron chi connectivity index (χ0n) is 10.8. The van der Waals surface area contributed by atoms with Crippen molar-refractivity contribution in [3.05, 3.63) is 50.3 Å². The number of anilines is 1. The van der Waals surface area contributed by atoms with Gasteiger partial charge in [-0.3, -0.25) is 4.40 Å². The van der Waals surface area contributed by atoms with Gasteiger partial charge in [-0.15, -0.1) is 11.3 Å². The summed E-state index contributed by atoms with van der Waals surface area (Å²) >= 11 is 4.01. The predicted molar refractivity (Wildman–Crippen MR) is 89.0 cm³/mol. The summed E-state index contributed by atoms with van der Waals surface area (Å²) < 4.78 is 3.43. The van der Waals surface area contributed by atoms with Crippen LogP contribution in [0.2, 0.25) is 0 Å². The van der Waals surface area contributed by atoms with Gasteiger partial charge < -0.3 is 5.32 Å². The van der Waals surface area contributed by atoms with Crippen LogP contribution in [0.25, 0.3) is 4.96 Å². The van der Waals surface area contributed by atoms with E-state index in [4.69, 9.17) is 0 Å². The smallest absolute Gasteiger partial charge is 0.194 e. The summed E-state index contributed by atoms with van der Waals surface area (Å²) in [6, 6.07) is 6.45. The SMILES string of the molecule is Cc1cc(I)ccc1NCc1c(C)nc2sccn12. The third-order valence-electron chi connectivity index (χ3n) is 3.20. The first-order chi connectivity index (χ1) is 9.15. The fourth-order valence-corrected chi connectivity index (χ4v) is 3.58. The molecule has 3 rings (SSSR count). The van der Waals surface area contributed by atoms with E-state index in [1.54, 1.807) is 11.3 Å². The summed E-state index contributed by atoms with van der Waals surface area (Å²) in [6.45, 7) is 5.00. The largest absolute Gasteiger partial charge is 0.379 e.